The van der Waals surface area contributed by atoms with Gasteiger partial charge >= 0.3 is 4.87 Å². The van der Waals surface area contributed by atoms with Gasteiger partial charge in [-0.2, -0.15) is 0 Å². The molecule has 2 aliphatic rings. The standard InChI is InChI=1S/C26H16BrCl2N3O4S3/c27-12-3-6-14(7-4-12)32-23(34)20-19(17-2-1-9-37-17)22-25(38-21(20)24(32)35)31(26(36)39-22)11-18(33)30-13-5-8-15(28)16(29)10-13/h1-10,19-21H,11H2,(H,30,33)/t19-,20-,21+/m0/s1. The lowest BCUT2D eigenvalue weighted by atomic mass is 9.87. The fraction of sp³-hybridized carbons (Fsp3) is 0.154. The van der Waals surface area contributed by atoms with Gasteiger partial charge in [0.15, 0.2) is 0 Å². The highest BCUT2D eigenvalue weighted by molar-refractivity contribution is 9.10. The van der Waals surface area contributed by atoms with Crippen LogP contribution in [0.15, 0.2) is 74.3 Å². The fourth-order valence-electron chi connectivity index (χ4n) is 4.79. The molecule has 1 fully saturated rings. The predicted octanol–water partition coefficient (Wildman–Crippen LogP) is 6.48. The van der Waals surface area contributed by atoms with E-state index in [0.29, 0.717) is 31.3 Å². The predicted molar refractivity (Wildman–Crippen MR) is 160 cm³/mol. The molecular weight excluding hydrogens is 665 g/mol. The molecule has 3 atom stereocenters. The summed E-state index contributed by atoms with van der Waals surface area (Å²) < 4.78 is 2.22. The molecule has 0 spiro atoms. The smallest absolute Gasteiger partial charge is 0.308 e. The van der Waals surface area contributed by atoms with Crippen molar-refractivity contribution in [3.05, 3.63) is 93.9 Å². The lowest BCUT2D eigenvalue weighted by Gasteiger charge is -2.29. The van der Waals surface area contributed by atoms with Gasteiger partial charge in [0, 0.05) is 25.8 Å². The maximum absolute atomic E-state index is 13.8. The summed E-state index contributed by atoms with van der Waals surface area (Å²) in [5.74, 6) is -2.21. The Morgan fingerprint density at radius 1 is 1.00 bits per heavy atom. The van der Waals surface area contributed by atoms with E-state index >= 15 is 0 Å². The number of thiazole rings is 1. The van der Waals surface area contributed by atoms with Crippen molar-refractivity contribution in [1.82, 2.24) is 4.57 Å². The molecule has 2 aliphatic heterocycles. The van der Waals surface area contributed by atoms with Crippen molar-refractivity contribution in [3.8, 4) is 0 Å². The zero-order chi connectivity index (χ0) is 27.4. The van der Waals surface area contributed by atoms with Gasteiger partial charge in [0.25, 0.3) is 0 Å². The molecule has 198 valence electrons. The monoisotopic (exact) mass is 679 g/mol. The highest BCUT2D eigenvalue weighted by Gasteiger charge is 2.57. The molecule has 0 bridgehead atoms. The van der Waals surface area contributed by atoms with Crippen LogP contribution in [0.25, 0.3) is 0 Å². The molecule has 2 aromatic heterocycles. The average Bonchev–Trinajstić information content (AvgIpc) is 3.60. The number of hydrogen-bond donors (Lipinski definition) is 1. The number of rotatable bonds is 5. The first kappa shape index (κ1) is 26.8. The van der Waals surface area contributed by atoms with Crippen LogP contribution >= 0.6 is 73.6 Å². The molecule has 1 N–H and O–H groups in total. The van der Waals surface area contributed by atoms with Gasteiger partial charge in [-0.05, 0) is 53.9 Å². The van der Waals surface area contributed by atoms with Crippen LogP contribution < -0.4 is 15.1 Å². The molecule has 7 nitrogen and oxygen atoms in total. The van der Waals surface area contributed by atoms with Crippen LogP contribution in [-0.4, -0.2) is 27.5 Å². The third kappa shape index (κ3) is 4.79. The summed E-state index contributed by atoms with van der Waals surface area (Å²) in [5, 5.41) is 5.09. The van der Waals surface area contributed by atoms with E-state index in [9.17, 15) is 19.2 Å². The van der Waals surface area contributed by atoms with Gasteiger partial charge in [-0.1, -0.05) is 68.3 Å². The molecule has 4 aromatic rings. The Morgan fingerprint density at radius 3 is 2.46 bits per heavy atom. The summed E-state index contributed by atoms with van der Waals surface area (Å²) in [7, 11) is 0. The number of carbonyl (C=O) groups is 3. The molecule has 1 saturated heterocycles. The largest absolute Gasteiger partial charge is 0.324 e. The molecule has 4 heterocycles. The summed E-state index contributed by atoms with van der Waals surface area (Å²) in [6, 6.07) is 15.5. The van der Waals surface area contributed by atoms with Gasteiger partial charge < -0.3 is 5.32 Å². The molecule has 0 radical (unpaired) electrons. The molecule has 13 heteroatoms. The van der Waals surface area contributed by atoms with Crippen molar-refractivity contribution in [2.75, 3.05) is 10.2 Å². The molecular formula is C26H16BrCl2N3O4S3. The number of fused-ring (bicyclic) bond motifs is 2. The number of amides is 3. The number of nitrogens with one attached hydrogen (secondary N) is 1. The van der Waals surface area contributed by atoms with Crippen LogP contribution in [0, 0.1) is 5.92 Å². The van der Waals surface area contributed by atoms with Crippen LogP contribution in [-0.2, 0) is 20.9 Å². The second-order valence-electron chi connectivity index (χ2n) is 8.85. The molecule has 2 aromatic carbocycles. The van der Waals surface area contributed by atoms with Crippen molar-refractivity contribution in [3.63, 3.8) is 0 Å². The maximum atomic E-state index is 13.8. The van der Waals surface area contributed by atoms with Crippen molar-refractivity contribution in [2.24, 2.45) is 5.92 Å². The lowest BCUT2D eigenvalue weighted by molar-refractivity contribution is -0.122. The Balaban J connectivity index is 1.37. The number of nitrogens with zero attached hydrogens (tertiary/aromatic N) is 2. The normalized spacial score (nSPS) is 20.2. The Hall–Kier alpha value is -2.41. The van der Waals surface area contributed by atoms with E-state index in [2.05, 4.69) is 21.2 Å². The van der Waals surface area contributed by atoms with Gasteiger partial charge in [-0.25, -0.2) is 4.90 Å². The second kappa shape index (κ2) is 10.5. The summed E-state index contributed by atoms with van der Waals surface area (Å²) in [5.41, 5.74) is 0.937. The molecule has 0 aliphatic carbocycles. The lowest BCUT2D eigenvalue weighted by Crippen LogP contribution is -2.32. The number of halogens is 3. The summed E-state index contributed by atoms with van der Waals surface area (Å²) in [6.07, 6.45) is 0. The molecule has 3 amide bonds. The first-order valence-electron chi connectivity index (χ1n) is 11.5. The number of aromatic nitrogens is 1. The van der Waals surface area contributed by atoms with Crippen molar-refractivity contribution in [1.29, 1.82) is 0 Å². The van der Waals surface area contributed by atoms with E-state index in [1.54, 1.807) is 36.4 Å². The number of anilines is 2. The quantitative estimate of drug-likeness (QED) is 0.244. The first-order chi connectivity index (χ1) is 18.7. The number of imide groups is 1. The van der Waals surface area contributed by atoms with Crippen molar-refractivity contribution >= 4 is 103 Å². The van der Waals surface area contributed by atoms with Gasteiger partial charge in [0.1, 0.15) is 11.8 Å². The highest BCUT2D eigenvalue weighted by atomic mass is 79.9. The van der Waals surface area contributed by atoms with E-state index in [-0.39, 0.29) is 23.2 Å². The summed E-state index contributed by atoms with van der Waals surface area (Å²) in [6.45, 7) is -0.259. The Morgan fingerprint density at radius 2 is 1.77 bits per heavy atom. The van der Waals surface area contributed by atoms with E-state index in [0.717, 1.165) is 20.7 Å². The minimum Gasteiger partial charge on any atom is -0.324 e. The van der Waals surface area contributed by atoms with Gasteiger partial charge in [-0.15, -0.1) is 11.3 Å². The number of carbonyl (C=O) groups excluding carboxylic acids is 3. The third-order valence-corrected chi connectivity index (χ3v) is 11.3. The van der Waals surface area contributed by atoms with Crippen molar-refractivity contribution in [2.45, 2.75) is 22.7 Å². The van der Waals surface area contributed by atoms with Gasteiger partial charge in [-0.3, -0.25) is 23.7 Å². The fourth-order valence-corrected chi connectivity index (χ4v) is 9.08. The van der Waals surface area contributed by atoms with Gasteiger partial charge in [0.05, 0.1) is 26.7 Å². The van der Waals surface area contributed by atoms with Crippen LogP contribution in [0.5, 0.6) is 0 Å². The number of thioether (sulfide) groups is 1. The van der Waals surface area contributed by atoms with Crippen LogP contribution in [0.3, 0.4) is 0 Å². The number of thiophene rings is 1. The minimum absolute atomic E-state index is 0.259. The minimum atomic E-state index is -0.737. The zero-order valence-electron chi connectivity index (χ0n) is 19.6. The molecule has 39 heavy (non-hydrogen) atoms. The highest BCUT2D eigenvalue weighted by Crippen LogP contribution is 2.54. The van der Waals surface area contributed by atoms with Crippen molar-refractivity contribution < 1.29 is 14.4 Å². The molecule has 0 saturated carbocycles. The Kier molecular flexibility index (Phi) is 7.23. The van der Waals surface area contributed by atoms with Crippen LogP contribution in [0.1, 0.15) is 15.7 Å². The molecule has 0 unspecified atom stereocenters. The van der Waals surface area contributed by atoms with E-state index in [4.69, 9.17) is 23.2 Å². The SMILES string of the molecule is O=C(Cn1c2c(sc1=O)[C@@H](c1cccs1)[C@@H]1C(=O)N(c3ccc(Br)cc3)C(=O)[C@@H]1S2)Nc1ccc(Cl)c(Cl)c1. The van der Waals surface area contributed by atoms with E-state index in [1.807, 2.05) is 17.5 Å². The number of hydrogen-bond acceptors (Lipinski definition) is 7. The van der Waals surface area contributed by atoms with E-state index < -0.39 is 23.0 Å². The molecule has 6 rings (SSSR count). The Bertz CT molecular complexity index is 1690. The van der Waals surface area contributed by atoms with Gasteiger partial charge in [0.2, 0.25) is 17.7 Å². The Labute approximate surface area is 252 Å². The summed E-state index contributed by atoms with van der Waals surface area (Å²) >= 11 is 19.1. The number of benzene rings is 2. The third-order valence-electron chi connectivity index (χ3n) is 6.49. The van der Waals surface area contributed by atoms with Crippen LogP contribution in [0.4, 0.5) is 11.4 Å². The van der Waals surface area contributed by atoms with Crippen LogP contribution in [0.2, 0.25) is 10.0 Å². The summed E-state index contributed by atoms with van der Waals surface area (Å²) in [4.78, 5) is 56.1. The average molecular weight is 681 g/mol. The topological polar surface area (TPSA) is 88.5 Å². The second-order valence-corrected chi connectivity index (χ2v) is 13.7. The maximum Gasteiger partial charge on any atom is 0.308 e. The van der Waals surface area contributed by atoms with E-state index in [1.165, 1.54) is 38.6 Å². The first-order valence-corrected chi connectivity index (χ1v) is 15.7. The zero-order valence-corrected chi connectivity index (χ0v) is 25.1.